The Hall–Kier alpha value is -0.610. The predicted molar refractivity (Wildman–Crippen MR) is 28.4 cm³/mol. The lowest BCUT2D eigenvalue weighted by Crippen LogP contribution is -1.78. The van der Waals surface area contributed by atoms with Crippen LogP contribution in [-0.4, -0.2) is 18.1 Å². The van der Waals surface area contributed by atoms with Crippen LogP contribution in [0.25, 0.3) is 0 Å². The molecular formula is C3H12N2O2. The molecule has 0 rings (SSSR count). The third kappa shape index (κ3) is 166. The highest BCUT2D eigenvalue weighted by molar-refractivity contribution is 5.62. The second-order valence-electron chi connectivity index (χ2n) is 0.519. The van der Waals surface area contributed by atoms with Crippen LogP contribution in [0.2, 0.25) is 0 Å². The second-order valence-corrected chi connectivity index (χ2v) is 0.519. The maximum Gasteiger partial charge on any atom is 0.300 e. The van der Waals surface area contributed by atoms with E-state index in [0.29, 0.717) is 0 Å². The third-order valence-electron chi connectivity index (χ3n) is 0. The molecule has 4 nitrogen and oxygen atoms in total. The van der Waals surface area contributed by atoms with Crippen molar-refractivity contribution in [2.45, 2.75) is 6.92 Å². The molecule has 0 radical (unpaired) electrons. The molecule has 0 spiro atoms. The fourth-order valence-electron chi connectivity index (χ4n) is 0. The summed E-state index contributed by atoms with van der Waals surface area (Å²) in [7, 11) is 1.50. The first kappa shape index (κ1) is 16.2. The standard InChI is InChI=1S/C2H4O2.CH5N.H3N/c1-2(3)4;1-2;/h1H3,(H,3,4);2H2,1H3;1H3. The molecule has 0 aromatic heterocycles. The van der Waals surface area contributed by atoms with Crippen molar-refractivity contribution in [1.82, 2.24) is 6.15 Å². The van der Waals surface area contributed by atoms with Gasteiger partial charge in [0.05, 0.1) is 0 Å². The molecule has 0 unspecified atom stereocenters. The number of aliphatic carboxylic acids is 1. The molecule has 0 saturated carbocycles. The molecule has 46 valence electrons. The average Bonchev–Trinajstić information content (AvgIpc) is 1.41. The van der Waals surface area contributed by atoms with Gasteiger partial charge in [-0.25, -0.2) is 0 Å². The number of carboxylic acid groups (broad SMARTS) is 1. The first-order valence-electron chi connectivity index (χ1n) is 1.51. The average molecular weight is 108 g/mol. The highest BCUT2D eigenvalue weighted by atomic mass is 16.4. The number of nitrogens with two attached hydrogens (primary N) is 1. The molecule has 0 aliphatic heterocycles. The molecule has 4 heteroatoms. The number of hydrogen-bond donors (Lipinski definition) is 3. The molecule has 0 heterocycles. The second kappa shape index (κ2) is 18.2. The van der Waals surface area contributed by atoms with Crippen molar-refractivity contribution in [3.8, 4) is 0 Å². The molecule has 7 heavy (non-hydrogen) atoms. The molecule has 0 aliphatic carbocycles. The lowest BCUT2D eigenvalue weighted by molar-refractivity contribution is -0.134. The Morgan fingerprint density at radius 3 is 1.57 bits per heavy atom. The van der Waals surface area contributed by atoms with Crippen LogP contribution in [0.4, 0.5) is 0 Å². The molecule has 0 fully saturated rings. The maximum absolute atomic E-state index is 9.00. The maximum atomic E-state index is 9.00. The van der Waals surface area contributed by atoms with Gasteiger partial charge < -0.3 is 17.0 Å². The predicted octanol–water partition coefficient (Wildman–Crippen LogP) is -0.172. The van der Waals surface area contributed by atoms with Crippen molar-refractivity contribution in [3.05, 3.63) is 0 Å². The fourth-order valence-corrected chi connectivity index (χ4v) is 0. The zero-order valence-electron chi connectivity index (χ0n) is 4.64. The lowest BCUT2D eigenvalue weighted by atomic mass is 10.9. The van der Waals surface area contributed by atoms with Gasteiger partial charge in [-0.15, -0.1) is 0 Å². The summed E-state index contributed by atoms with van der Waals surface area (Å²) < 4.78 is 0. The Morgan fingerprint density at radius 1 is 1.57 bits per heavy atom. The van der Waals surface area contributed by atoms with Gasteiger partial charge in [-0.3, -0.25) is 4.79 Å². The van der Waals surface area contributed by atoms with Crippen molar-refractivity contribution < 1.29 is 9.90 Å². The van der Waals surface area contributed by atoms with Crippen molar-refractivity contribution in [3.63, 3.8) is 0 Å². The van der Waals surface area contributed by atoms with Gasteiger partial charge >= 0.3 is 0 Å². The van der Waals surface area contributed by atoms with Gasteiger partial charge in [0.15, 0.2) is 0 Å². The number of rotatable bonds is 0. The lowest BCUT2D eigenvalue weighted by Gasteiger charge is -1.59. The van der Waals surface area contributed by atoms with Gasteiger partial charge in [0.1, 0.15) is 0 Å². The number of carboxylic acids is 1. The summed E-state index contributed by atoms with van der Waals surface area (Å²) in [4.78, 5) is 9.00. The first-order chi connectivity index (χ1) is 2.73. The van der Waals surface area contributed by atoms with Crippen molar-refractivity contribution in [1.29, 1.82) is 0 Å². The summed E-state index contributed by atoms with van der Waals surface area (Å²) in [6.07, 6.45) is 0. The van der Waals surface area contributed by atoms with Crippen LogP contribution in [0, 0.1) is 0 Å². The molecular weight excluding hydrogens is 96.0 g/mol. The molecule has 0 aromatic carbocycles. The van der Waals surface area contributed by atoms with Gasteiger partial charge in [-0.1, -0.05) is 0 Å². The molecule has 0 atom stereocenters. The van der Waals surface area contributed by atoms with E-state index in [-0.39, 0.29) is 6.15 Å². The fraction of sp³-hybridized carbons (Fsp3) is 0.667. The third-order valence-corrected chi connectivity index (χ3v) is 0. The van der Waals surface area contributed by atoms with E-state index in [1.54, 1.807) is 0 Å². The van der Waals surface area contributed by atoms with Gasteiger partial charge in [0.25, 0.3) is 5.97 Å². The normalized spacial score (nSPS) is 4.43. The monoisotopic (exact) mass is 108 g/mol. The molecule has 0 aromatic rings. The summed E-state index contributed by atoms with van der Waals surface area (Å²) in [5, 5.41) is 7.42. The van der Waals surface area contributed by atoms with Crippen molar-refractivity contribution >= 4 is 5.97 Å². The Balaban J connectivity index is -0.0000000480. The minimum Gasteiger partial charge on any atom is -0.481 e. The summed E-state index contributed by atoms with van der Waals surface area (Å²) in [5.74, 6) is -0.833. The van der Waals surface area contributed by atoms with Crippen LogP contribution in [-0.2, 0) is 4.79 Å². The highest BCUT2D eigenvalue weighted by Gasteiger charge is 1.65. The van der Waals surface area contributed by atoms with Gasteiger partial charge in [-0.2, -0.15) is 0 Å². The smallest absolute Gasteiger partial charge is 0.300 e. The van der Waals surface area contributed by atoms with Crippen molar-refractivity contribution in [2.24, 2.45) is 5.73 Å². The van der Waals surface area contributed by atoms with E-state index in [2.05, 4.69) is 5.73 Å². The van der Waals surface area contributed by atoms with Gasteiger partial charge in [0, 0.05) is 6.92 Å². The van der Waals surface area contributed by atoms with Gasteiger partial charge in [0.2, 0.25) is 0 Å². The molecule has 0 bridgehead atoms. The minimum absolute atomic E-state index is 0. The molecule has 0 saturated heterocycles. The van der Waals surface area contributed by atoms with E-state index in [1.165, 1.54) is 7.05 Å². The highest BCUT2D eigenvalue weighted by Crippen LogP contribution is 1.42. The largest absolute Gasteiger partial charge is 0.481 e. The Morgan fingerprint density at radius 2 is 1.57 bits per heavy atom. The van der Waals surface area contributed by atoms with Crippen LogP contribution >= 0.6 is 0 Å². The zero-order chi connectivity index (χ0) is 5.58. The zero-order valence-corrected chi connectivity index (χ0v) is 4.64. The number of hydrogen-bond acceptors (Lipinski definition) is 3. The van der Waals surface area contributed by atoms with Crippen LogP contribution in [0.1, 0.15) is 6.92 Å². The summed E-state index contributed by atoms with van der Waals surface area (Å²) in [6, 6.07) is 0. The molecule has 6 N–H and O–H groups in total. The van der Waals surface area contributed by atoms with Crippen LogP contribution < -0.4 is 11.9 Å². The Bertz CT molecular complexity index is 33.9. The van der Waals surface area contributed by atoms with E-state index in [4.69, 9.17) is 9.90 Å². The Kier molecular flexibility index (Phi) is 42.0. The van der Waals surface area contributed by atoms with E-state index in [0.717, 1.165) is 6.92 Å². The first-order valence-corrected chi connectivity index (χ1v) is 1.51. The molecule has 0 aliphatic rings. The van der Waals surface area contributed by atoms with E-state index < -0.39 is 5.97 Å². The summed E-state index contributed by atoms with van der Waals surface area (Å²) in [5.41, 5.74) is 4.50. The minimum atomic E-state index is -0.833. The van der Waals surface area contributed by atoms with Gasteiger partial charge in [-0.05, 0) is 7.05 Å². The molecule has 0 amide bonds. The van der Waals surface area contributed by atoms with Crippen LogP contribution in [0.3, 0.4) is 0 Å². The van der Waals surface area contributed by atoms with Crippen LogP contribution in [0.15, 0.2) is 0 Å². The number of carbonyl (C=O) groups is 1. The SMILES string of the molecule is CC(=O)O.CN.N. The summed E-state index contributed by atoms with van der Waals surface area (Å²) >= 11 is 0. The quantitative estimate of drug-likeness (QED) is 0.401. The van der Waals surface area contributed by atoms with Crippen LogP contribution in [0.5, 0.6) is 0 Å². The van der Waals surface area contributed by atoms with E-state index in [1.807, 2.05) is 0 Å². The topological polar surface area (TPSA) is 98.3 Å². The van der Waals surface area contributed by atoms with E-state index >= 15 is 0 Å². The summed E-state index contributed by atoms with van der Waals surface area (Å²) in [6.45, 7) is 1.08. The Labute approximate surface area is 42.9 Å². The van der Waals surface area contributed by atoms with E-state index in [9.17, 15) is 0 Å². The van der Waals surface area contributed by atoms with Crippen molar-refractivity contribution in [2.75, 3.05) is 7.05 Å².